The normalized spacial score (nSPS) is 9.62. The second-order valence-corrected chi connectivity index (χ2v) is 3.84. The van der Waals surface area contributed by atoms with Gasteiger partial charge in [-0.25, -0.2) is 0 Å². The van der Waals surface area contributed by atoms with Gasteiger partial charge in [0.05, 0.1) is 25.5 Å². The summed E-state index contributed by atoms with van der Waals surface area (Å²) in [5.74, 6) is 0.101. The van der Waals surface area contributed by atoms with Crippen molar-refractivity contribution < 1.29 is 19.1 Å². The molecule has 5 nitrogen and oxygen atoms in total. The molecule has 1 aromatic rings. The standard InChI is InChI=1S/C10H13NO4S/c1-14-7-5-8(16-6-7)10(13)11-4-3-9(12)15-2/h5-6H,3-4H2,1-2H3,(H,11,13). The van der Waals surface area contributed by atoms with Gasteiger partial charge in [0.25, 0.3) is 5.91 Å². The van der Waals surface area contributed by atoms with Gasteiger partial charge in [-0.1, -0.05) is 0 Å². The third-order valence-corrected chi connectivity index (χ3v) is 2.78. The summed E-state index contributed by atoms with van der Waals surface area (Å²) in [5, 5.41) is 4.36. The van der Waals surface area contributed by atoms with Crippen LogP contribution in [-0.4, -0.2) is 32.6 Å². The zero-order chi connectivity index (χ0) is 12.0. The predicted octanol–water partition coefficient (Wildman–Crippen LogP) is 1.05. The van der Waals surface area contributed by atoms with E-state index in [2.05, 4.69) is 10.1 Å². The average molecular weight is 243 g/mol. The van der Waals surface area contributed by atoms with Crippen molar-refractivity contribution in [2.24, 2.45) is 0 Å². The summed E-state index contributed by atoms with van der Waals surface area (Å²) in [5.41, 5.74) is 0. The Morgan fingerprint density at radius 2 is 2.19 bits per heavy atom. The average Bonchev–Trinajstić information content (AvgIpc) is 2.77. The molecule has 1 N–H and O–H groups in total. The number of thiophene rings is 1. The van der Waals surface area contributed by atoms with Crippen molar-refractivity contribution in [1.29, 1.82) is 0 Å². The number of methoxy groups -OCH3 is 2. The number of esters is 1. The fourth-order valence-corrected chi connectivity index (χ4v) is 1.78. The number of rotatable bonds is 5. The molecule has 1 rings (SSSR count). The molecule has 1 aromatic heterocycles. The number of hydrogen-bond donors (Lipinski definition) is 1. The van der Waals surface area contributed by atoms with Crippen LogP contribution in [0, 0.1) is 0 Å². The maximum absolute atomic E-state index is 11.5. The van der Waals surface area contributed by atoms with Crippen molar-refractivity contribution in [2.45, 2.75) is 6.42 Å². The minimum absolute atomic E-state index is 0.171. The van der Waals surface area contributed by atoms with Crippen LogP contribution in [0.15, 0.2) is 11.4 Å². The molecule has 0 saturated heterocycles. The van der Waals surface area contributed by atoms with E-state index in [9.17, 15) is 9.59 Å². The summed E-state index contributed by atoms with van der Waals surface area (Å²) in [4.78, 5) is 22.9. The Bertz CT molecular complexity index is 375. The second kappa shape index (κ2) is 6.12. The fourth-order valence-electron chi connectivity index (χ4n) is 1.01. The van der Waals surface area contributed by atoms with E-state index in [4.69, 9.17) is 4.74 Å². The first kappa shape index (κ1) is 12.5. The molecule has 0 spiro atoms. The number of hydrogen-bond acceptors (Lipinski definition) is 5. The largest absolute Gasteiger partial charge is 0.496 e. The molecular weight excluding hydrogens is 230 g/mol. The van der Waals surface area contributed by atoms with Crippen LogP contribution in [0.5, 0.6) is 5.75 Å². The Balaban J connectivity index is 2.38. The molecule has 1 heterocycles. The van der Waals surface area contributed by atoms with Gasteiger partial charge in [0.15, 0.2) is 0 Å². The molecular formula is C10H13NO4S. The molecule has 0 bridgehead atoms. The van der Waals surface area contributed by atoms with Gasteiger partial charge in [-0.2, -0.15) is 0 Å². The summed E-state index contributed by atoms with van der Waals surface area (Å²) >= 11 is 1.29. The maximum Gasteiger partial charge on any atom is 0.307 e. The van der Waals surface area contributed by atoms with Gasteiger partial charge < -0.3 is 14.8 Å². The lowest BCUT2D eigenvalue weighted by atomic mass is 10.4. The van der Waals surface area contributed by atoms with Gasteiger partial charge in [0, 0.05) is 18.0 Å². The van der Waals surface area contributed by atoms with Gasteiger partial charge in [-0.15, -0.1) is 11.3 Å². The number of nitrogens with one attached hydrogen (secondary N) is 1. The topological polar surface area (TPSA) is 64.6 Å². The van der Waals surface area contributed by atoms with Gasteiger partial charge in [-0.05, 0) is 0 Å². The van der Waals surface area contributed by atoms with Crippen LogP contribution < -0.4 is 10.1 Å². The van der Waals surface area contributed by atoms with Gasteiger partial charge in [-0.3, -0.25) is 9.59 Å². The lowest BCUT2D eigenvalue weighted by Gasteiger charge is -2.01. The van der Waals surface area contributed by atoms with Crippen molar-refractivity contribution in [2.75, 3.05) is 20.8 Å². The molecule has 0 aromatic carbocycles. The van der Waals surface area contributed by atoms with Crippen molar-refractivity contribution in [3.63, 3.8) is 0 Å². The molecule has 0 unspecified atom stereocenters. The highest BCUT2D eigenvalue weighted by Gasteiger charge is 2.09. The van der Waals surface area contributed by atoms with Crippen LogP contribution in [0.2, 0.25) is 0 Å². The van der Waals surface area contributed by atoms with E-state index < -0.39 is 0 Å². The minimum Gasteiger partial charge on any atom is -0.496 e. The Labute approximate surface area is 97.4 Å². The Kier molecular flexibility index (Phi) is 4.78. The lowest BCUT2D eigenvalue weighted by Crippen LogP contribution is -2.25. The second-order valence-electron chi connectivity index (χ2n) is 2.93. The number of carbonyl (C=O) groups excluding carboxylic acids is 2. The first-order valence-corrected chi connectivity index (χ1v) is 5.53. The van der Waals surface area contributed by atoms with Gasteiger partial charge >= 0.3 is 5.97 Å². The highest BCUT2D eigenvalue weighted by Crippen LogP contribution is 2.20. The SMILES string of the molecule is COC(=O)CCNC(=O)c1cc(OC)cs1. The van der Waals surface area contributed by atoms with E-state index >= 15 is 0 Å². The molecule has 6 heteroatoms. The van der Waals surface area contributed by atoms with Crippen molar-refractivity contribution in [3.8, 4) is 5.75 Å². The molecule has 0 aliphatic heterocycles. The van der Waals surface area contributed by atoms with E-state index in [1.165, 1.54) is 18.4 Å². The van der Waals surface area contributed by atoms with Crippen LogP contribution in [0.3, 0.4) is 0 Å². The smallest absolute Gasteiger partial charge is 0.307 e. The third-order valence-electron chi connectivity index (χ3n) is 1.88. The summed E-state index contributed by atoms with van der Waals surface area (Å²) in [6.07, 6.45) is 0.171. The van der Waals surface area contributed by atoms with Crippen molar-refractivity contribution >= 4 is 23.2 Å². The van der Waals surface area contributed by atoms with E-state index in [-0.39, 0.29) is 24.8 Å². The summed E-state index contributed by atoms with van der Waals surface area (Å²) in [7, 11) is 2.86. The zero-order valence-corrected chi connectivity index (χ0v) is 9.93. The third kappa shape index (κ3) is 3.54. The predicted molar refractivity (Wildman–Crippen MR) is 59.8 cm³/mol. The highest BCUT2D eigenvalue weighted by atomic mass is 32.1. The van der Waals surface area contributed by atoms with Crippen LogP contribution in [0.1, 0.15) is 16.1 Å². The Morgan fingerprint density at radius 1 is 1.44 bits per heavy atom. The van der Waals surface area contributed by atoms with Crippen molar-refractivity contribution in [3.05, 3.63) is 16.3 Å². The molecule has 1 amide bonds. The molecule has 0 aliphatic carbocycles. The monoisotopic (exact) mass is 243 g/mol. The van der Waals surface area contributed by atoms with Crippen LogP contribution in [-0.2, 0) is 9.53 Å². The maximum atomic E-state index is 11.5. The summed E-state index contributed by atoms with van der Waals surface area (Å²) in [6.45, 7) is 0.270. The molecule has 0 fully saturated rings. The first-order valence-electron chi connectivity index (χ1n) is 4.65. The van der Waals surface area contributed by atoms with E-state index in [0.717, 1.165) is 0 Å². The van der Waals surface area contributed by atoms with Gasteiger partial charge in [0.1, 0.15) is 5.75 Å². The number of ether oxygens (including phenoxy) is 2. The molecule has 0 atom stereocenters. The van der Waals surface area contributed by atoms with E-state index in [1.54, 1.807) is 18.6 Å². The minimum atomic E-state index is -0.343. The zero-order valence-electron chi connectivity index (χ0n) is 9.11. The van der Waals surface area contributed by atoms with E-state index in [1.807, 2.05) is 0 Å². The highest BCUT2D eigenvalue weighted by molar-refractivity contribution is 7.12. The molecule has 0 aliphatic rings. The van der Waals surface area contributed by atoms with Gasteiger partial charge in [0.2, 0.25) is 0 Å². The van der Waals surface area contributed by atoms with Crippen LogP contribution >= 0.6 is 11.3 Å². The number of carbonyl (C=O) groups is 2. The van der Waals surface area contributed by atoms with E-state index in [0.29, 0.717) is 10.6 Å². The van der Waals surface area contributed by atoms with Crippen LogP contribution in [0.25, 0.3) is 0 Å². The van der Waals surface area contributed by atoms with Crippen LogP contribution in [0.4, 0.5) is 0 Å². The summed E-state index contributed by atoms with van der Waals surface area (Å²) in [6, 6.07) is 1.65. The molecule has 16 heavy (non-hydrogen) atoms. The molecule has 0 saturated carbocycles. The molecule has 0 radical (unpaired) electrons. The Hall–Kier alpha value is -1.56. The first-order chi connectivity index (χ1) is 7.67. The Morgan fingerprint density at radius 3 is 2.75 bits per heavy atom. The molecule has 88 valence electrons. The van der Waals surface area contributed by atoms with Crippen molar-refractivity contribution in [1.82, 2.24) is 5.32 Å². The lowest BCUT2D eigenvalue weighted by molar-refractivity contribution is -0.140. The fraction of sp³-hybridized carbons (Fsp3) is 0.400. The summed E-state index contributed by atoms with van der Waals surface area (Å²) < 4.78 is 9.41. The number of amides is 1. The quantitative estimate of drug-likeness (QED) is 0.785.